The molecule has 0 unspecified atom stereocenters. The maximum atomic E-state index is 6.12. The predicted molar refractivity (Wildman–Crippen MR) is 98.0 cm³/mol. The van der Waals surface area contributed by atoms with Crippen molar-refractivity contribution in [3.63, 3.8) is 0 Å². The maximum absolute atomic E-state index is 6.12. The van der Waals surface area contributed by atoms with E-state index in [1.165, 1.54) is 48.4 Å². The Bertz CT molecular complexity index is 618. The third-order valence-corrected chi connectivity index (χ3v) is 4.68. The molecule has 1 fully saturated rings. The Morgan fingerprint density at radius 1 is 1.04 bits per heavy atom. The summed E-state index contributed by atoms with van der Waals surface area (Å²) in [6, 6.07) is 13.0. The van der Waals surface area contributed by atoms with Crippen molar-refractivity contribution >= 4 is 10.8 Å². The smallest absolute Gasteiger partial charge is 0.124 e. The van der Waals surface area contributed by atoms with Crippen LogP contribution in [-0.4, -0.2) is 13.2 Å². The van der Waals surface area contributed by atoms with Crippen LogP contribution in [0.3, 0.4) is 0 Å². The minimum atomic E-state index is 0.827. The lowest BCUT2D eigenvalue weighted by atomic mass is 10.0. The molecule has 0 aromatic heterocycles. The summed E-state index contributed by atoms with van der Waals surface area (Å²) in [6.45, 7) is 5.11. The van der Waals surface area contributed by atoms with Gasteiger partial charge in [0.15, 0.2) is 0 Å². The lowest BCUT2D eigenvalue weighted by Crippen LogP contribution is -2.17. The van der Waals surface area contributed by atoms with E-state index in [1.54, 1.807) is 0 Å². The molecule has 0 bridgehead atoms. The van der Waals surface area contributed by atoms with E-state index in [9.17, 15) is 0 Å². The summed E-state index contributed by atoms with van der Waals surface area (Å²) in [4.78, 5) is 0. The van der Waals surface area contributed by atoms with Gasteiger partial charge in [0, 0.05) is 12.1 Å². The first-order valence-corrected chi connectivity index (χ1v) is 9.22. The van der Waals surface area contributed by atoms with E-state index in [0.717, 1.165) is 37.8 Å². The average molecular weight is 311 g/mol. The zero-order valence-corrected chi connectivity index (χ0v) is 14.3. The van der Waals surface area contributed by atoms with Crippen molar-refractivity contribution in [1.82, 2.24) is 5.32 Å². The van der Waals surface area contributed by atoms with Gasteiger partial charge in [-0.05, 0) is 48.6 Å². The number of unbranched alkanes of at least 4 members (excludes halogenated alkanes) is 3. The van der Waals surface area contributed by atoms with Crippen LogP contribution in [0.1, 0.15) is 51.0 Å². The van der Waals surface area contributed by atoms with E-state index in [0.29, 0.717) is 0 Å². The Balaban J connectivity index is 1.69. The Morgan fingerprint density at radius 2 is 1.91 bits per heavy atom. The molecule has 0 amide bonds. The summed E-state index contributed by atoms with van der Waals surface area (Å²) in [7, 11) is 0. The average Bonchev–Trinajstić information content (AvgIpc) is 3.40. The summed E-state index contributed by atoms with van der Waals surface area (Å²) in [5.74, 6) is 1.96. The Morgan fingerprint density at radius 3 is 2.74 bits per heavy atom. The molecule has 0 saturated heterocycles. The largest absolute Gasteiger partial charge is 0.493 e. The van der Waals surface area contributed by atoms with Crippen LogP contribution in [0.15, 0.2) is 36.4 Å². The van der Waals surface area contributed by atoms with E-state index in [1.807, 2.05) is 0 Å². The fraction of sp³-hybridized carbons (Fsp3) is 0.524. The molecule has 0 radical (unpaired) electrons. The van der Waals surface area contributed by atoms with Gasteiger partial charge in [0.1, 0.15) is 5.75 Å². The van der Waals surface area contributed by atoms with Crippen molar-refractivity contribution in [3.8, 4) is 5.75 Å². The molecule has 2 nitrogen and oxygen atoms in total. The second kappa shape index (κ2) is 8.35. The van der Waals surface area contributed by atoms with Crippen molar-refractivity contribution < 1.29 is 4.74 Å². The van der Waals surface area contributed by atoms with Crippen LogP contribution in [0.4, 0.5) is 0 Å². The molecular weight excluding hydrogens is 282 g/mol. The highest BCUT2D eigenvalue weighted by molar-refractivity contribution is 5.87. The van der Waals surface area contributed by atoms with E-state index >= 15 is 0 Å². The normalized spacial score (nSPS) is 14.3. The summed E-state index contributed by atoms with van der Waals surface area (Å²) >= 11 is 0. The minimum Gasteiger partial charge on any atom is -0.493 e. The second-order valence-electron chi connectivity index (χ2n) is 6.75. The fourth-order valence-electron chi connectivity index (χ4n) is 3.07. The maximum Gasteiger partial charge on any atom is 0.124 e. The minimum absolute atomic E-state index is 0.827. The molecule has 0 spiro atoms. The molecule has 124 valence electrons. The fourth-order valence-corrected chi connectivity index (χ4v) is 3.07. The molecule has 2 aromatic carbocycles. The zero-order valence-electron chi connectivity index (χ0n) is 14.3. The van der Waals surface area contributed by atoms with Gasteiger partial charge in [-0.2, -0.15) is 0 Å². The number of fused-ring (bicyclic) bond motifs is 1. The molecule has 1 saturated carbocycles. The van der Waals surface area contributed by atoms with Gasteiger partial charge in [-0.1, -0.05) is 56.5 Å². The standard InChI is InChI=1S/C21H29NO/c1-2-3-4-7-14-23-21-13-12-18-8-5-6-9-19(18)20(21)16-22-15-17-10-11-17/h5-6,8-9,12-13,17,22H,2-4,7,10-11,14-16H2,1H3. The lowest BCUT2D eigenvalue weighted by Gasteiger charge is -2.15. The summed E-state index contributed by atoms with van der Waals surface area (Å²) < 4.78 is 6.12. The first kappa shape index (κ1) is 16.3. The first-order valence-electron chi connectivity index (χ1n) is 9.22. The van der Waals surface area contributed by atoms with E-state index in [4.69, 9.17) is 4.74 Å². The third kappa shape index (κ3) is 4.71. The van der Waals surface area contributed by atoms with Crippen LogP contribution in [0.5, 0.6) is 5.75 Å². The van der Waals surface area contributed by atoms with Crippen LogP contribution >= 0.6 is 0 Å². The summed E-state index contributed by atoms with van der Waals surface area (Å²) in [6.07, 6.45) is 7.77. The molecule has 23 heavy (non-hydrogen) atoms. The second-order valence-corrected chi connectivity index (χ2v) is 6.75. The molecular formula is C21H29NO. The molecule has 0 heterocycles. The van der Waals surface area contributed by atoms with Crippen LogP contribution < -0.4 is 10.1 Å². The van der Waals surface area contributed by atoms with Crippen LogP contribution in [-0.2, 0) is 6.54 Å². The Labute approximate surface area is 140 Å². The van der Waals surface area contributed by atoms with Gasteiger partial charge in [0.2, 0.25) is 0 Å². The van der Waals surface area contributed by atoms with E-state index in [2.05, 4.69) is 48.6 Å². The van der Waals surface area contributed by atoms with Crippen molar-refractivity contribution in [2.75, 3.05) is 13.2 Å². The number of hydrogen-bond donors (Lipinski definition) is 1. The highest BCUT2D eigenvalue weighted by Gasteiger charge is 2.20. The van der Waals surface area contributed by atoms with Gasteiger partial charge in [-0.25, -0.2) is 0 Å². The van der Waals surface area contributed by atoms with Crippen molar-refractivity contribution in [1.29, 1.82) is 0 Å². The molecule has 0 atom stereocenters. The van der Waals surface area contributed by atoms with E-state index < -0.39 is 0 Å². The molecule has 2 heteroatoms. The number of nitrogens with one attached hydrogen (secondary N) is 1. The van der Waals surface area contributed by atoms with Crippen molar-refractivity contribution in [2.45, 2.75) is 52.0 Å². The van der Waals surface area contributed by atoms with Crippen LogP contribution in [0, 0.1) is 5.92 Å². The molecule has 3 rings (SSSR count). The van der Waals surface area contributed by atoms with Crippen molar-refractivity contribution in [2.24, 2.45) is 5.92 Å². The van der Waals surface area contributed by atoms with Gasteiger partial charge in [0.25, 0.3) is 0 Å². The Hall–Kier alpha value is -1.54. The van der Waals surface area contributed by atoms with Crippen LogP contribution in [0.25, 0.3) is 10.8 Å². The summed E-state index contributed by atoms with van der Waals surface area (Å²) in [5, 5.41) is 6.25. The lowest BCUT2D eigenvalue weighted by molar-refractivity contribution is 0.302. The quantitative estimate of drug-likeness (QED) is 0.601. The van der Waals surface area contributed by atoms with Gasteiger partial charge in [-0.3, -0.25) is 0 Å². The monoisotopic (exact) mass is 311 g/mol. The summed E-state index contributed by atoms with van der Waals surface area (Å²) in [5.41, 5.74) is 1.32. The van der Waals surface area contributed by atoms with Gasteiger partial charge in [0.05, 0.1) is 6.61 Å². The highest BCUT2D eigenvalue weighted by atomic mass is 16.5. The third-order valence-electron chi connectivity index (χ3n) is 4.68. The highest BCUT2D eigenvalue weighted by Crippen LogP contribution is 2.30. The molecule has 1 aliphatic rings. The van der Waals surface area contributed by atoms with Crippen LogP contribution in [0.2, 0.25) is 0 Å². The molecule has 1 aliphatic carbocycles. The predicted octanol–water partition coefficient (Wildman–Crippen LogP) is 5.30. The Kier molecular flexibility index (Phi) is 5.93. The van der Waals surface area contributed by atoms with Gasteiger partial charge < -0.3 is 10.1 Å². The first-order chi connectivity index (χ1) is 11.4. The molecule has 0 aliphatic heterocycles. The zero-order chi connectivity index (χ0) is 15.9. The SMILES string of the molecule is CCCCCCOc1ccc2ccccc2c1CNCC1CC1. The van der Waals surface area contributed by atoms with E-state index in [-0.39, 0.29) is 0 Å². The molecule has 1 N–H and O–H groups in total. The van der Waals surface area contributed by atoms with Crippen molar-refractivity contribution in [3.05, 3.63) is 42.0 Å². The number of hydrogen-bond acceptors (Lipinski definition) is 2. The molecule has 2 aromatic rings. The number of rotatable bonds is 10. The topological polar surface area (TPSA) is 21.3 Å². The number of benzene rings is 2. The van der Waals surface area contributed by atoms with Gasteiger partial charge in [-0.15, -0.1) is 0 Å². The van der Waals surface area contributed by atoms with Gasteiger partial charge >= 0.3 is 0 Å². The number of ether oxygens (including phenoxy) is 1.